The molecule has 0 radical (unpaired) electrons. The lowest BCUT2D eigenvalue weighted by Gasteiger charge is -2.17. The van der Waals surface area contributed by atoms with Crippen LogP contribution in [0.3, 0.4) is 0 Å². The van der Waals surface area contributed by atoms with E-state index >= 15 is 0 Å². The molecule has 4 heteroatoms. The maximum Gasteiger partial charge on any atom is 0.323 e. The molecule has 0 aliphatic carbocycles. The van der Waals surface area contributed by atoms with Gasteiger partial charge in [-0.3, -0.25) is 4.79 Å². The highest BCUT2D eigenvalue weighted by molar-refractivity contribution is 5.74. The monoisotopic (exact) mass is 161 g/mol. The average molecular weight is 161 g/mol. The molecule has 0 amide bonds. The van der Waals surface area contributed by atoms with Crippen LogP contribution in [0.5, 0.6) is 0 Å². The third-order valence-electron chi connectivity index (χ3n) is 1.55. The zero-order valence-corrected chi connectivity index (χ0v) is 6.87. The standard InChI is InChI=1S/C7H15NO3/c1-3-4-5(9)6(8-2)7(10)11/h5-6,8-9H,3-4H2,1-2H3,(H,10,11). The number of hydrogen-bond donors (Lipinski definition) is 3. The summed E-state index contributed by atoms with van der Waals surface area (Å²) in [5.41, 5.74) is 0. The predicted octanol–water partition coefficient (Wildman–Crippen LogP) is -0.180. The van der Waals surface area contributed by atoms with Crippen LogP contribution in [0.1, 0.15) is 19.8 Å². The molecule has 0 saturated carbocycles. The molecule has 0 aliphatic heterocycles. The lowest BCUT2D eigenvalue weighted by atomic mass is 10.1. The summed E-state index contributed by atoms with van der Waals surface area (Å²) in [5, 5.41) is 20.3. The molecule has 66 valence electrons. The van der Waals surface area contributed by atoms with E-state index in [1.54, 1.807) is 0 Å². The van der Waals surface area contributed by atoms with Crippen LogP contribution in [-0.4, -0.2) is 35.4 Å². The second-order valence-electron chi connectivity index (χ2n) is 2.46. The van der Waals surface area contributed by atoms with Gasteiger partial charge in [-0.15, -0.1) is 0 Å². The molecule has 0 heterocycles. The van der Waals surface area contributed by atoms with E-state index < -0.39 is 18.1 Å². The highest BCUT2D eigenvalue weighted by atomic mass is 16.4. The van der Waals surface area contributed by atoms with Crippen LogP contribution in [0.4, 0.5) is 0 Å². The summed E-state index contributed by atoms with van der Waals surface area (Å²) >= 11 is 0. The van der Waals surface area contributed by atoms with E-state index in [0.717, 1.165) is 6.42 Å². The number of hydrogen-bond acceptors (Lipinski definition) is 3. The molecule has 3 N–H and O–H groups in total. The largest absolute Gasteiger partial charge is 0.480 e. The minimum atomic E-state index is -1.01. The molecule has 0 bridgehead atoms. The van der Waals surface area contributed by atoms with Gasteiger partial charge in [0, 0.05) is 0 Å². The first kappa shape index (κ1) is 10.4. The molecular weight excluding hydrogens is 146 g/mol. The quantitative estimate of drug-likeness (QED) is 0.523. The van der Waals surface area contributed by atoms with Crippen LogP contribution in [0.15, 0.2) is 0 Å². The van der Waals surface area contributed by atoms with Gasteiger partial charge in [-0.05, 0) is 13.5 Å². The van der Waals surface area contributed by atoms with Gasteiger partial charge in [0.25, 0.3) is 0 Å². The first-order valence-corrected chi connectivity index (χ1v) is 3.71. The summed E-state index contributed by atoms with van der Waals surface area (Å²) in [4.78, 5) is 10.4. The molecule has 0 aromatic heterocycles. The van der Waals surface area contributed by atoms with Crippen molar-refractivity contribution >= 4 is 5.97 Å². The van der Waals surface area contributed by atoms with Crippen molar-refractivity contribution in [1.29, 1.82) is 0 Å². The van der Waals surface area contributed by atoms with Crippen molar-refractivity contribution in [1.82, 2.24) is 5.32 Å². The summed E-state index contributed by atoms with van der Waals surface area (Å²) in [7, 11) is 1.53. The minimum Gasteiger partial charge on any atom is -0.480 e. The Labute approximate surface area is 66.2 Å². The van der Waals surface area contributed by atoms with E-state index in [1.807, 2.05) is 6.92 Å². The Morgan fingerprint density at radius 1 is 1.64 bits per heavy atom. The molecule has 2 atom stereocenters. The second-order valence-corrected chi connectivity index (χ2v) is 2.46. The maximum atomic E-state index is 10.4. The zero-order chi connectivity index (χ0) is 8.85. The van der Waals surface area contributed by atoms with Crippen molar-refractivity contribution in [3.63, 3.8) is 0 Å². The van der Waals surface area contributed by atoms with Crippen LogP contribution in [0.2, 0.25) is 0 Å². The fourth-order valence-electron chi connectivity index (χ4n) is 0.943. The Morgan fingerprint density at radius 2 is 2.18 bits per heavy atom. The Kier molecular flexibility index (Phi) is 4.81. The first-order chi connectivity index (χ1) is 5.13. The van der Waals surface area contributed by atoms with Gasteiger partial charge in [0.05, 0.1) is 6.10 Å². The number of carboxylic acids is 1. The second kappa shape index (κ2) is 5.09. The van der Waals surface area contributed by atoms with Gasteiger partial charge in [0.15, 0.2) is 0 Å². The van der Waals surface area contributed by atoms with Crippen molar-refractivity contribution in [2.24, 2.45) is 0 Å². The minimum absolute atomic E-state index is 0.512. The van der Waals surface area contributed by atoms with Gasteiger partial charge in [0.2, 0.25) is 0 Å². The summed E-state index contributed by atoms with van der Waals surface area (Å²) < 4.78 is 0. The van der Waals surface area contributed by atoms with E-state index in [2.05, 4.69) is 5.32 Å². The Morgan fingerprint density at radius 3 is 2.45 bits per heavy atom. The van der Waals surface area contributed by atoms with Gasteiger partial charge in [0.1, 0.15) is 6.04 Å². The zero-order valence-electron chi connectivity index (χ0n) is 6.87. The van der Waals surface area contributed by atoms with Gasteiger partial charge in [-0.2, -0.15) is 0 Å². The molecule has 0 fully saturated rings. The van der Waals surface area contributed by atoms with Crippen molar-refractivity contribution in [3.8, 4) is 0 Å². The van der Waals surface area contributed by atoms with Gasteiger partial charge in [-0.25, -0.2) is 0 Å². The third kappa shape index (κ3) is 3.34. The number of carboxylic acid groups (broad SMARTS) is 1. The van der Waals surface area contributed by atoms with E-state index in [4.69, 9.17) is 5.11 Å². The molecule has 0 spiro atoms. The first-order valence-electron chi connectivity index (χ1n) is 3.71. The number of carbonyl (C=O) groups is 1. The SMILES string of the molecule is CCCC(O)C(NC)C(=O)O. The lowest BCUT2D eigenvalue weighted by Crippen LogP contribution is -2.44. The molecule has 2 unspecified atom stereocenters. The van der Waals surface area contributed by atoms with Crippen molar-refractivity contribution in [3.05, 3.63) is 0 Å². The summed E-state index contributed by atoms with van der Waals surface area (Å²) in [6.07, 6.45) is 0.507. The molecule has 0 aliphatic rings. The van der Waals surface area contributed by atoms with Crippen LogP contribution in [-0.2, 0) is 4.79 Å². The van der Waals surface area contributed by atoms with E-state index in [1.165, 1.54) is 7.05 Å². The van der Waals surface area contributed by atoms with Gasteiger partial charge >= 0.3 is 5.97 Å². The van der Waals surface area contributed by atoms with Crippen LogP contribution in [0, 0.1) is 0 Å². The third-order valence-corrected chi connectivity index (χ3v) is 1.55. The van der Waals surface area contributed by atoms with Gasteiger partial charge in [-0.1, -0.05) is 13.3 Å². The molecule has 0 aromatic rings. The number of rotatable bonds is 5. The van der Waals surface area contributed by atoms with E-state index in [-0.39, 0.29) is 0 Å². The number of aliphatic hydroxyl groups is 1. The van der Waals surface area contributed by atoms with Crippen molar-refractivity contribution in [2.75, 3.05) is 7.05 Å². The Balaban J connectivity index is 3.91. The van der Waals surface area contributed by atoms with Crippen molar-refractivity contribution in [2.45, 2.75) is 31.9 Å². The number of aliphatic carboxylic acids is 1. The topological polar surface area (TPSA) is 69.6 Å². The fourth-order valence-corrected chi connectivity index (χ4v) is 0.943. The van der Waals surface area contributed by atoms with Crippen molar-refractivity contribution < 1.29 is 15.0 Å². The van der Waals surface area contributed by atoms with Crippen LogP contribution < -0.4 is 5.32 Å². The molecule has 0 rings (SSSR count). The summed E-state index contributed by atoms with van der Waals surface area (Å²) in [6, 6.07) is -0.838. The van der Waals surface area contributed by atoms with Crippen LogP contribution in [0.25, 0.3) is 0 Å². The summed E-state index contributed by atoms with van der Waals surface area (Å²) in [6.45, 7) is 1.90. The fraction of sp³-hybridized carbons (Fsp3) is 0.857. The number of nitrogens with one attached hydrogen (secondary N) is 1. The van der Waals surface area contributed by atoms with Crippen LogP contribution >= 0.6 is 0 Å². The maximum absolute atomic E-state index is 10.4. The smallest absolute Gasteiger partial charge is 0.323 e. The highest BCUT2D eigenvalue weighted by Crippen LogP contribution is 2.01. The average Bonchev–Trinajstić information content (AvgIpc) is 1.88. The Hall–Kier alpha value is -0.610. The molecule has 0 saturated heterocycles. The normalized spacial score (nSPS) is 15.9. The molecule has 0 aromatic carbocycles. The molecule has 4 nitrogen and oxygen atoms in total. The molecule has 11 heavy (non-hydrogen) atoms. The number of aliphatic hydroxyl groups excluding tert-OH is 1. The lowest BCUT2D eigenvalue weighted by molar-refractivity contribution is -0.142. The predicted molar refractivity (Wildman–Crippen MR) is 41.4 cm³/mol. The van der Waals surface area contributed by atoms with E-state index in [0.29, 0.717) is 6.42 Å². The number of likely N-dealkylation sites (N-methyl/N-ethyl adjacent to an activating group) is 1. The summed E-state index contributed by atoms with van der Waals surface area (Å²) in [5.74, 6) is -1.01. The van der Waals surface area contributed by atoms with Gasteiger partial charge < -0.3 is 15.5 Å². The van der Waals surface area contributed by atoms with E-state index in [9.17, 15) is 9.90 Å². The Bertz CT molecular complexity index is 127. The highest BCUT2D eigenvalue weighted by Gasteiger charge is 2.23. The molecular formula is C7H15NO3.